The van der Waals surface area contributed by atoms with Crippen molar-refractivity contribution in [1.29, 1.82) is 0 Å². The smallest absolute Gasteiger partial charge is 0.326 e. The number of hydrogen-bond acceptors (Lipinski definition) is 7. The molecule has 5 atom stereocenters. The van der Waals surface area contributed by atoms with E-state index in [1.54, 1.807) is 42.5 Å². The molecule has 13 nitrogen and oxygen atoms in total. The number of hydrogen-bond donors (Lipinski definition) is 7. The second-order valence-corrected chi connectivity index (χ2v) is 16.7. The number of aryl methyl sites for hydroxylation is 1. The van der Waals surface area contributed by atoms with Crippen LogP contribution in [-0.2, 0) is 60.9 Å². The minimum absolute atomic E-state index is 0.00469. The van der Waals surface area contributed by atoms with E-state index in [-0.39, 0.29) is 31.4 Å². The highest BCUT2D eigenvalue weighted by Gasteiger charge is 2.32. The van der Waals surface area contributed by atoms with Crippen LogP contribution in [0.1, 0.15) is 54.5 Å². The zero-order valence-corrected chi connectivity index (χ0v) is 36.0. The zero-order chi connectivity index (χ0) is 45.6. The predicted octanol–water partition coefficient (Wildman–Crippen LogP) is 4.94. The monoisotopic (exact) mass is 865 g/mol. The number of carbonyl (C=O) groups excluding carboxylic acids is 5. The van der Waals surface area contributed by atoms with Gasteiger partial charge in [0.15, 0.2) is 0 Å². The lowest BCUT2D eigenvalue weighted by Crippen LogP contribution is -2.58. The lowest BCUT2D eigenvalue weighted by molar-refractivity contribution is -0.142. The van der Waals surface area contributed by atoms with E-state index in [2.05, 4.69) is 64.7 Å². The van der Waals surface area contributed by atoms with Crippen molar-refractivity contribution in [3.05, 3.63) is 161 Å². The summed E-state index contributed by atoms with van der Waals surface area (Å²) in [5.74, 6) is -4.61. The maximum absolute atomic E-state index is 14.6. The van der Waals surface area contributed by atoms with Crippen molar-refractivity contribution in [2.45, 2.75) is 89.1 Å². The lowest BCUT2D eigenvalue weighted by atomic mass is 9.97. The second-order valence-electron chi connectivity index (χ2n) is 16.7. The number of carboxylic acid groups (broad SMARTS) is 1. The summed E-state index contributed by atoms with van der Waals surface area (Å²) in [6.45, 7) is 4.34. The quantitative estimate of drug-likeness (QED) is 0.0905. The first-order valence-electron chi connectivity index (χ1n) is 21.6. The molecule has 64 heavy (non-hydrogen) atoms. The van der Waals surface area contributed by atoms with Crippen LogP contribution < -0.4 is 26.6 Å². The number of amides is 5. The van der Waals surface area contributed by atoms with Crippen LogP contribution in [0, 0.1) is 5.92 Å². The highest BCUT2D eigenvalue weighted by atomic mass is 16.4. The van der Waals surface area contributed by atoms with Crippen LogP contribution >= 0.6 is 0 Å². The molecule has 5 aromatic rings. The first-order valence-corrected chi connectivity index (χ1v) is 21.6. The number of aliphatic carboxylic acids is 1. The van der Waals surface area contributed by atoms with Gasteiger partial charge in [0, 0.05) is 24.9 Å². The Kier molecular flexibility index (Phi) is 16.2. The molecule has 0 aliphatic carbocycles. The fraction of sp³-hybridized carbons (Fsp3) is 0.294. The largest absolute Gasteiger partial charge is 0.480 e. The SMILES string of the molecule is CC(C)Cc1ccc(-c2ccc(CC3NC(=O)C(Cc4ccccc4)NC(=O)CC(O)C(=O)Nc4ccc(cc4)CC(C(=O)O)NC(=O)C(CCc4ccccc4)NC3=O)cc2)cc1. The summed E-state index contributed by atoms with van der Waals surface area (Å²) in [7, 11) is 0. The third-order valence-electron chi connectivity index (χ3n) is 11.0. The van der Waals surface area contributed by atoms with E-state index in [9.17, 15) is 39.0 Å². The zero-order valence-electron chi connectivity index (χ0n) is 36.0. The summed E-state index contributed by atoms with van der Waals surface area (Å²) in [6.07, 6.45) is -1.17. The summed E-state index contributed by atoms with van der Waals surface area (Å²) in [5.41, 5.74) is 6.25. The highest BCUT2D eigenvalue weighted by molar-refractivity contribution is 5.98. The Balaban J connectivity index is 1.34. The van der Waals surface area contributed by atoms with Crippen LogP contribution in [0.3, 0.4) is 0 Å². The molecule has 13 heteroatoms. The van der Waals surface area contributed by atoms with Crippen molar-refractivity contribution < 1.29 is 39.0 Å². The van der Waals surface area contributed by atoms with Gasteiger partial charge in [-0.3, -0.25) is 24.0 Å². The van der Waals surface area contributed by atoms with Crippen molar-refractivity contribution in [3.63, 3.8) is 0 Å². The van der Waals surface area contributed by atoms with Gasteiger partial charge in [-0.05, 0) is 76.3 Å². The Bertz CT molecular complexity index is 2370. The number of aliphatic hydroxyl groups is 1. The van der Waals surface area contributed by atoms with Gasteiger partial charge < -0.3 is 36.8 Å². The Morgan fingerprint density at radius 2 is 1.06 bits per heavy atom. The van der Waals surface area contributed by atoms with Crippen LogP contribution in [0.25, 0.3) is 11.1 Å². The van der Waals surface area contributed by atoms with E-state index in [4.69, 9.17) is 0 Å². The number of benzene rings is 5. The number of carbonyl (C=O) groups is 6. The van der Waals surface area contributed by atoms with Gasteiger partial charge >= 0.3 is 5.97 Å². The standard InChI is InChI=1S/C51H55N5O8/c1-32(2)27-35-13-20-38(21-14-35)39-22-15-36(16-23-39)29-43-49(61)54-41(26-19-33-9-5-3-6-10-33)47(59)56-44(51(63)64)30-37-17-24-40(25-18-37)52-50(62)45(57)31-46(58)53-42(48(60)55-43)28-34-11-7-4-8-12-34/h3-18,20-25,32,41-45,57H,19,26-31H2,1-2H3,(H,52,62)(H,53,58)(H,54,61)(H,55,60)(H,56,59)(H,63,64). The van der Waals surface area contributed by atoms with Crippen LogP contribution in [0.5, 0.6) is 0 Å². The normalized spacial score (nSPS) is 20.2. The summed E-state index contributed by atoms with van der Waals surface area (Å²) in [4.78, 5) is 82.0. The second kappa shape index (κ2) is 22.3. The Morgan fingerprint density at radius 1 is 0.562 bits per heavy atom. The number of rotatable bonds is 11. The van der Waals surface area contributed by atoms with Crippen molar-refractivity contribution in [3.8, 4) is 11.1 Å². The maximum Gasteiger partial charge on any atom is 0.326 e. The number of fused-ring (bicyclic) bond motifs is 18. The molecular formula is C51H55N5O8. The topological polar surface area (TPSA) is 203 Å². The summed E-state index contributed by atoms with van der Waals surface area (Å²) < 4.78 is 0. The summed E-state index contributed by atoms with van der Waals surface area (Å²) >= 11 is 0. The fourth-order valence-corrected chi connectivity index (χ4v) is 7.59. The maximum atomic E-state index is 14.6. The van der Waals surface area contributed by atoms with Crippen LogP contribution in [-0.4, -0.2) is 76.0 Å². The van der Waals surface area contributed by atoms with E-state index >= 15 is 0 Å². The van der Waals surface area contributed by atoms with E-state index in [0.717, 1.165) is 23.1 Å². The van der Waals surface area contributed by atoms with Gasteiger partial charge in [0.05, 0.1) is 6.42 Å². The fourth-order valence-electron chi connectivity index (χ4n) is 7.59. The third kappa shape index (κ3) is 13.7. The number of anilines is 1. The van der Waals surface area contributed by atoms with Gasteiger partial charge in [0.1, 0.15) is 30.3 Å². The van der Waals surface area contributed by atoms with Gasteiger partial charge in [0.2, 0.25) is 23.6 Å². The molecule has 0 spiro atoms. The number of carboxylic acids is 1. The third-order valence-corrected chi connectivity index (χ3v) is 11.0. The molecule has 2 aliphatic heterocycles. The number of aliphatic hydroxyl groups excluding tert-OH is 1. The highest BCUT2D eigenvalue weighted by Crippen LogP contribution is 2.22. The van der Waals surface area contributed by atoms with Crippen molar-refractivity contribution in [2.75, 3.05) is 5.32 Å². The van der Waals surface area contributed by atoms with Gasteiger partial charge in [-0.2, -0.15) is 0 Å². The van der Waals surface area contributed by atoms with E-state index in [0.29, 0.717) is 29.0 Å². The molecular weight excluding hydrogens is 811 g/mol. The Hall–Kier alpha value is -7.12. The average Bonchev–Trinajstić information content (AvgIpc) is 3.28. The summed E-state index contributed by atoms with van der Waals surface area (Å²) in [5, 5.41) is 34.4. The molecule has 2 heterocycles. The first kappa shape index (κ1) is 46.4. The minimum Gasteiger partial charge on any atom is -0.480 e. The molecule has 7 N–H and O–H groups in total. The molecule has 0 saturated heterocycles. The van der Waals surface area contributed by atoms with Gasteiger partial charge in [-0.25, -0.2) is 4.79 Å². The molecule has 0 radical (unpaired) electrons. The molecule has 5 amide bonds. The predicted molar refractivity (Wildman–Crippen MR) is 244 cm³/mol. The molecule has 332 valence electrons. The van der Waals surface area contributed by atoms with Crippen molar-refractivity contribution in [2.24, 2.45) is 5.92 Å². The Labute approximate surface area is 373 Å². The van der Waals surface area contributed by atoms with E-state index < -0.39 is 72.2 Å². The average molecular weight is 866 g/mol. The van der Waals surface area contributed by atoms with Crippen LogP contribution in [0.2, 0.25) is 0 Å². The molecule has 5 unspecified atom stereocenters. The lowest BCUT2D eigenvalue weighted by Gasteiger charge is -2.26. The number of nitrogens with one attached hydrogen (secondary N) is 5. The molecule has 2 bridgehead atoms. The molecule has 0 saturated carbocycles. The molecule has 0 fully saturated rings. The van der Waals surface area contributed by atoms with Crippen molar-refractivity contribution in [1.82, 2.24) is 21.3 Å². The van der Waals surface area contributed by atoms with Crippen LogP contribution in [0.4, 0.5) is 5.69 Å². The molecule has 7 rings (SSSR count). The van der Waals surface area contributed by atoms with E-state index in [1.807, 2.05) is 54.6 Å². The van der Waals surface area contributed by atoms with Crippen LogP contribution in [0.15, 0.2) is 133 Å². The molecule has 2 aliphatic rings. The minimum atomic E-state index is -1.78. The van der Waals surface area contributed by atoms with Gasteiger partial charge in [-0.15, -0.1) is 0 Å². The van der Waals surface area contributed by atoms with E-state index in [1.165, 1.54) is 17.7 Å². The molecule has 5 aromatic carbocycles. The Morgan fingerprint density at radius 3 is 1.62 bits per heavy atom. The first-order chi connectivity index (χ1) is 30.8. The summed E-state index contributed by atoms with van der Waals surface area (Å²) in [6, 6.07) is 35.1. The van der Waals surface area contributed by atoms with Gasteiger partial charge in [0.25, 0.3) is 5.91 Å². The van der Waals surface area contributed by atoms with Crippen molar-refractivity contribution >= 4 is 41.2 Å². The van der Waals surface area contributed by atoms with Gasteiger partial charge in [-0.1, -0.05) is 135 Å². The molecule has 0 aromatic heterocycles.